The van der Waals surface area contributed by atoms with Crippen molar-refractivity contribution in [1.82, 2.24) is 0 Å². The van der Waals surface area contributed by atoms with Crippen molar-refractivity contribution in [3.05, 3.63) is 63.7 Å². The molecule has 2 aromatic rings. The summed E-state index contributed by atoms with van der Waals surface area (Å²) >= 11 is 0. The lowest BCUT2D eigenvalue weighted by molar-refractivity contribution is -0.384. The Labute approximate surface area is 174 Å². The molecule has 30 heavy (non-hydrogen) atoms. The minimum Gasteiger partial charge on any atom is -0.490 e. The van der Waals surface area contributed by atoms with E-state index < -0.39 is 10.3 Å². The van der Waals surface area contributed by atoms with Crippen LogP contribution in [0, 0.1) is 21.4 Å². The second-order valence-corrected chi connectivity index (χ2v) is 7.44. The Morgan fingerprint density at radius 2 is 1.90 bits per heavy atom. The van der Waals surface area contributed by atoms with Gasteiger partial charge in [-0.2, -0.15) is 5.26 Å². The maximum Gasteiger partial charge on any atom is 0.269 e. The number of benzene rings is 2. The fraction of sp³-hybridized carbons (Fsp3) is 0.364. The molecule has 156 valence electrons. The van der Waals surface area contributed by atoms with Gasteiger partial charge in [0.2, 0.25) is 5.91 Å². The maximum atomic E-state index is 13.4. The van der Waals surface area contributed by atoms with Crippen LogP contribution in [0.3, 0.4) is 0 Å². The molecule has 0 aromatic heterocycles. The predicted molar refractivity (Wildman–Crippen MR) is 110 cm³/mol. The Bertz CT molecular complexity index is 973. The first kappa shape index (κ1) is 21.3. The number of nitro benzene ring substituents is 1. The van der Waals surface area contributed by atoms with Crippen LogP contribution in [-0.2, 0) is 14.9 Å². The number of rotatable bonds is 6. The standard InChI is InChI=1S/C22H23N3O5/c1-15(2)30-20-8-5-18(13-16(20)14-23)24-21(26)22(9-11-29-12-10-22)17-3-6-19(7-4-17)25(27)28/h3-8,13,15H,9-12H2,1-2H3,(H,24,26). The second-order valence-electron chi connectivity index (χ2n) is 7.44. The molecule has 0 saturated carbocycles. The molecule has 3 rings (SSSR count). The number of carbonyl (C=O) groups is 1. The van der Waals surface area contributed by atoms with Gasteiger partial charge in [-0.3, -0.25) is 14.9 Å². The van der Waals surface area contributed by atoms with Crippen LogP contribution in [0.4, 0.5) is 11.4 Å². The first-order valence-corrected chi connectivity index (χ1v) is 9.70. The highest BCUT2D eigenvalue weighted by molar-refractivity contribution is 5.99. The van der Waals surface area contributed by atoms with Crippen LogP contribution < -0.4 is 10.1 Å². The normalized spacial score (nSPS) is 15.3. The van der Waals surface area contributed by atoms with Gasteiger partial charge in [-0.25, -0.2) is 0 Å². The van der Waals surface area contributed by atoms with Crippen molar-refractivity contribution in [1.29, 1.82) is 5.26 Å². The van der Waals surface area contributed by atoms with E-state index in [0.717, 1.165) is 0 Å². The van der Waals surface area contributed by atoms with Crippen LogP contribution in [0.15, 0.2) is 42.5 Å². The van der Waals surface area contributed by atoms with Crippen molar-refractivity contribution >= 4 is 17.3 Å². The molecule has 1 saturated heterocycles. The third kappa shape index (κ3) is 4.42. The molecule has 0 unspecified atom stereocenters. The number of nitrogens with one attached hydrogen (secondary N) is 1. The molecular formula is C22H23N3O5. The lowest BCUT2D eigenvalue weighted by Crippen LogP contribution is -2.44. The van der Waals surface area contributed by atoms with Crippen LogP contribution in [0.2, 0.25) is 0 Å². The number of nitriles is 1. The number of non-ortho nitro benzene ring substituents is 1. The molecule has 0 spiro atoms. The molecule has 8 heteroatoms. The fourth-order valence-electron chi connectivity index (χ4n) is 3.57. The largest absolute Gasteiger partial charge is 0.490 e. The highest BCUT2D eigenvalue weighted by atomic mass is 16.6. The Hall–Kier alpha value is -3.44. The summed E-state index contributed by atoms with van der Waals surface area (Å²) in [4.78, 5) is 23.9. The van der Waals surface area contributed by atoms with Gasteiger partial charge in [-0.1, -0.05) is 12.1 Å². The van der Waals surface area contributed by atoms with E-state index in [9.17, 15) is 20.2 Å². The van der Waals surface area contributed by atoms with Crippen LogP contribution >= 0.6 is 0 Å². The van der Waals surface area contributed by atoms with E-state index in [0.29, 0.717) is 48.6 Å². The van der Waals surface area contributed by atoms with Crippen LogP contribution in [-0.4, -0.2) is 30.1 Å². The second kappa shape index (κ2) is 8.93. The molecular weight excluding hydrogens is 386 g/mol. The molecule has 1 aliphatic heterocycles. The molecule has 1 fully saturated rings. The topological polar surface area (TPSA) is 114 Å². The summed E-state index contributed by atoms with van der Waals surface area (Å²) < 4.78 is 11.1. The van der Waals surface area contributed by atoms with Crippen LogP contribution in [0.5, 0.6) is 5.75 Å². The Morgan fingerprint density at radius 1 is 1.23 bits per heavy atom. The van der Waals surface area contributed by atoms with Crippen molar-refractivity contribution in [3.8, 4) is 11.8 Å². The molecule has 1 N–H and O–H groups in total. The number of ether oxygens (including phenoxy) is 2. The molecule has 8 nitrogen and oxygen atoms in total. The van der Waals surface area contributed by atoms with Gasteiger partial charge in [0.05, 0.1) is 22.0 Å². The summed E-state index contributed by atoms with van der Waals surface area (Å²) in [6.45, 7) is 4.57. The van der Waals surface area contributed by atoms with Crippen molar-refractivity contribution in [3.63, 3.8) is 0 Å². The van der Waals surface area contributed by atoms with Gasteiger partial charge in [-0.05, 0) is 50.5 Å². The third-order valence-corrected chi connectivity index (χ3v) is 5.13. The first-order valence-electron chi connectivity index (χ1n) is 9.70. The molecule has 1 amide bonds. The van der Waals surface area contributed by atoms with Gasteiger partial charge in [-0.15, -0.1) is 0 Å². The minimum absolute atomic E-state index is 0.0271. The average molecular weight is 409 g/mol. The molecule has 1 heterocycles. The highest BCUT2D eigenvalue weighted by Crippen LogP contribution is 2.37. The van der Waals surface area contributed by atoms with E-state index in [1.54, 1.807) is 30.3 Å². The number of anilines is 1. The molecule has 0 atom stereocenters. The molecule has 0 aliphatic carbocycles. The zero-order valence-corrected chi connectivity index (χ0v) is 16.9. The number of hydrogen-bond acceptors (Lipinski definition) is 6. The SMILES string of the molecule is CC(C)Oc1ccc(NC(=O)C2(c3ccc([N+](=O)[O-])cc3)CCOCC2)cc1C#N. The van der Waals surface area contributed by atoms with Gasteiger partial charge in [0, 0.05) is 31.0 Å². The van der Waals surface area contributed by atoms with Crippen LogP contribution in [0.1, 0.15) is 37.8 Å². The first-order chi connectivity index (χ1) is 14.4. The number of nitrogens with zero attached hydrogens (tertiary/aromatic N) is 2. The van der Waals surface area contributed by atoms with Crippen LogP contribution in [0.25, 0.3) is 0 Å². The molecule has 0 radical (unpaired) electrons. The summed E-state index contributed by atoms with van der Waals surface area (Å²) in [5.74, 6) is 0.225. The zero-order valence-electron chi connectivity index (χ0n) is 16.9. The summed E-state index contributed by atoms with van der Waals surface area (Å²) in [5, 5.41) is 23.3. The Morgan fingerprint density at radius 3 is 2.47 bits per heavy atom. The maximum absolute atomic E-state index is 13.4. The smallest absolute Gasteiger partial charge is 0.269 e. The lowest BCUT2D eigenvalue weighted by atomic mass is 9.73. The monoisotopic (exact) mass is 409 g/mol. The van der Waals surface area contributed by atoms with E-state index in [4.69, 9.17) is 9.47 Å². The van der Waals surface area contributed by atoms with Gasteiger partial charge in [0.15, 0.2) is 0 Å². The number of hydrogen-bond donors (Lipinski definition) is 1. The third-order valence-electron chi connectivity index (χ3n) is 5.13. The van der Waals surface area contributed by atoms with Gasteiger partial charge in [0.1, 0.15) is 11.8 Å². The summed E-state index contributed by atoms with van der Waals surface area (Å²) in [6, 6.07) is 13.1. The van der Waals surface area contributed by atoms with Crippen molar-refractivity contribution < 1.29 is 19.2 Å². The van der Waals surface area contributed by atoms with Crippen molar-refractivity contribution in [2.45, 2.75) is 38.2 Å². The summed E-state index contributed by atoms with van der Waals surface area (Å²) in [5.41, 5.74) is 0.626. The van der Waals surface area contributed by atoms with Gasteiger partial charge in [0.25, 0.3) is 5.69 Å². The molecule has 2 aromatic carbocycles. The Balaban J connectivity index is 1.89. The quantitative estimate of drug-likeness (QED) is 0.571. The van der Waals surface area contributed by atoms with E-state index in [1.165, 1.54) is 12.1 Å². The molecule has 1 aliphatic rings. The number of nitro groups is 1. The van der Waals surface area contributed by atoms with E-state index in [1.807, 2.05) is 13.8 Å². The number of amides is 1. The van der Waals surface area contributed by atoms with E-state index in [-0.39, 0.29) is 17.7 Å². The lowest BCUT2D eigenvalue weighted by Gasteiger charge is -2.36. The summed E-state index contributed by atoms with van der Waals surface area (Å²) in [7, 11) is 0. The van der Waals surface area contributed by atoms with Crippen molar-refractivity contribution in [2.75, 3.05) is 18.5 Å². The average Bonchev–Trinajstić information content (AvgIpc) is 2.75. The van der Waals surface area contributed by atoms with Gasteiger partial charge >= 0.3 is 0 Å². The zero-order chi connectivity index (χ0) is 21.7. The predicted octanol–water partition coefficient (Wildman–Crippen LogP) is 3.94. The Kier molecular flexibility index (Phi) is 6.33. The summed E-state index contributed by atoms with van der Waals surface area (Å²) in [6.07, 6.45) is 0.831. The van der Waals surface area contributed by atoms with E-state index in [2.05, 4.69) is 11.4 Å². The minimum atomic E-state index is -0.868. The van der Waals surface area contributed by atoms with Gasteiger partial charge < -0.3 is 14.8 Å². The highest BCUT2D eigenvalue weighted by Gasteiger charge is 2.42. The van der Waals surface area contributed by atoms with E-state index >= 15 is 0 Å². The fourth-order valence-corrected chi connectivity index (χ4v) is 3.57. The van der Waals surface area contributed by atoms with Crippen molar-refractivity contribution in [2.24, 2.45) is 0 Å². The number of carbonyl (C=O) groups excluding carboxylic acids is 1. The molecule has 0 bridgehead atoms.